The van der Waals surface area contributed by atoms with E-state index in [9.17, 15) is 14.8 Å². The number of nitrogens with zero attached hydrogens (tertiary/aromatic N) is 4. The fourth-order valence-electron chi connectivity index (χ4n) is 3.78. The lowest BCUT2D eigenvalue weighted by molar-refractivity contribution is 0.0303. The molecule has 166 valence electrons. The molecule has 2 aromatic heterocycles. The number of amides is 1. The molecule has 0 bridgehead atoms. The van der Waals surface area contributed by atoms with Gasteiger partial charge in [0, 0.05) is 30.5 Å². The van der Waals surface area contributed by atoms with Crippen molar-refractivity contribution >= 4 is 28.4 Å². The zero-order valence-electron chi connectivity index (χ0n) is 17.6. The fraction of sp³-hybridized carbons (Fsp3) is 0.167. The molecule has 1 saturated heterocycles. The van der Waals surface area contributed by atoms with Crippen LogP contribution in [-0.4, -0.2) is 57.0 Å². The van der Waals surface area contributed by atoms with E-state index < -0.39 is 5.69 Å². The van der Waals surface area contributed by atoms with Gasteiger partial charge in [-0.25, -0.2) is 9.78 Å². The number of rotatable bonds is 4. The summed E-state index contributed by atoms with van der Waals surface area (Å²) in [5.41, 5.74) is 2.66. The van der Waals surface area contributed by atoms with E-state index in [4.69, 9.17) is 4.74 Å². The molecular weight excluding hydrogens is 422 g/mol. The molecule has 0 radical (unpaired) electrons. The number of benzene rings is 2. The topological polar surface area (TPSA) is 110 Å². The van der Waals surface area contributed by atoms with Gasteiger partial charge in [-0.15, -0.1) is 4.73 Å². The van der Waals surface area contributed by atoms with E-state index in [1.165, 1.54) is 6.20 Å². The second kappa shape index (κ2) is 8.71. The smallest absolute Gasteiger partial charge is 0.384 e. The molecule has 0 atom stereocenters. The van der Waals surface area contributed by atoms with E-state index in [1.54, 1.807) is 17.0 Å². The molecule has 9 nitrogen and oxygen atoms in total. The number of pyridine rings is 1. The Hall–Kier alpha value is -4.24. The Kier molecular flexibility index (Phi) is 5.45. The minimum Gasteiger partial charge on any atom is -0.422 e. The second-order valence-electron chi connectivity index (χ2n) is 7.61. The van der Waals surface area contributed by atoms with Crippen molar-refractivity contribution in [2.75, 3.05) is 31.6 Å². The summed E-state index contributed by atoms with van der Waals surface area (Å²) in [6.07, 6.45) is 1.49. The maximum absolute atomic E-state index is 12.6. The number of morpholine rings is 1. The van der Waals surface area contributed by atoms with Gasteiger partial charge >= 0.3 is 5.69 Å². The third-order valence-corrected chi connectivity index (χ3v) is 5.54. The van der Waals surface area contributed by atoms with Crippen molar-refractivity contribution in [3.63, 3.8) is 0 Å². The van der Waals surface area contributed by atoms with Gasteiger partial charge in [-0.2, -0.15) is 4.98 Å². The summed E-state index contributed by atoms with van der Waals surface area (Å²) >= 11 is 0. The zero-order chi connectivity index (χ0) is 22.8. The summed E-state index contributed by atoms with van der Waals surface area (Å²) in [6.45, 7) is 2.38. The number of hydrogen-bond donors (Lipinski definition) is 2. The molecule has 5 rings (SSSR count). The summed E-state index contributed by atoms with van der Waals surface area (Å²) in [6, 6.07) is 18.6. The fourth-order valence-corrected chi connectivity index (χ4v) is 3.78. The van der Waals surface area contributed by atoms with Crippen molar-refractivity contribution < 1.29 is 14.7 Å². The van der Waals surface area contributed by atoms with Gasteiger partial charge in [-0.1, -0.05) is 24.3 Å². The molecule has 0 unspecified atom stereocenters. The third kappa shape index (κ3) is 4.13. The molecule has 3 heterocycles. The van der Waals surface area contributed by atoms with Crippen LogP contribution in [0.25, 0.3) is 22.2 Å². The predicted octanol–water partition coefficient (Wildman–Crippen LogP) is 2.91. The molecule has 2 aromatic carbocycles. The Morgan fingerprint density at radius 2 is 1.64 bits per heavy atom. The van der Waals surface area contributed by atoms with E-state index in [0.29, 0.717) is 47.8 Å². The van der Waals surface area contributed by atoms with Gasteiger partial charge in [0.15, 0.2) is 5.65 Å². The minimum absolute atomic E-state index is 0.0171. The van der Waals surface area contributed by atoms with Crippen molar-refractivity contribution in [2.24, 2.45) is 0 Å². The Morgan fingerprint density at radius 3 is 2.33 bits per heavy atom. The molecule has 1 amide bonds. The van der Waals surface area contributed by atoms with Crippen LogP contribution < -0.4 is 11.0 Å². The molecule has 9 heteroatoms. The lowest BCUT2D eigenvalue weighted by atomic mass is 10.0. The number of carbonyl (C=O) groups is 1. The first-order valence-electron chi connectivity index (χ1n) is 10.5. The van der Waals surface area contributed by atoms with E-state index in [1.807, 2.05) is 48.5 Å². The van der Waals surface area contributed by atoms with Gasteiger partial charge in [0.05, 0.1) is 18.6 Å². The average molecular weight is 443 g/mol. The number of anilines is 2. The molecule has 0 spiro atoms. The van der Waals surface area contributed by atoms with Crippen LogP contribution in [0.3, 0.4) is 0 Å². The second-order valence-corrected chi connectivity index (χ2v) is 7.61. The maximum Gasteiger partial charge on any atom is 0.384 e. The Labute approximate surface area is 188 Å². The largest absolute Gasteiger partial charge is 0.422 e. The van der Waals surface area contributed by atoms with Crippen LogP contribution in [-0.2, 0) is 4.74 Å². The van der Waals surface area contributed by atoms with E-state index >= 15 is 0 Å². The van der Waals surface area contributed by atoms with Crippen molar-refractivity contribution in [1.29, 1.82) is 0 Å². The summed E-state index contributed by atoms with van der Waals surface area (Å²) in [7, 11) is 0. The summed E-state index contributed by atoms with van der Waals surface area (Å²) in [4.78, 5) is 34.3. The van der Waals surface area contributed by atoms with Gasteiger partial charge in [0.2, 0.25) is 0 Å². The van der Waals surface area contributed by atoms with Gasteiger partial charge in [0.1, 0.15) is 5.82 Å². The van der Waals surface area contributed by atoms with Gasteiger partial charge < -0.3 is 20.2 Å². The monoisotopic (exact) mass is 443 g/mol. The lowest BCUT2D eigenvalue weighted by Gasteiger charge is -2.26. The minimum atomic E-state index is -0.813. The number of aromatic nitrogens is 3. The number of fused-ring (bicyclic) bond motifs is 1. The standard InChI is InChI=1S/C24H21N5O4/c30-23(28-12-14-33-15-13-28)18-5-3-16(4-6-18)17-7-9-19(10-8-17)26-21-20-2-1-11-25-22(20)29(32)24(31)27-21/h1-11,32H,12-15H2,(H,26,27,31). The van der Waals surface area contributed by atoms with Gasteiger partial charge in [-0.05, 0) is 47.5 Å². The van der Waals surface area contributed by atoms with Crippen LogP contribution in [0.5, 0.6) is 0 Å². The van der Waals surface area contributed by atoms with E-state index in [2.05, 4.69) is 15.3 Å². The summed E-state index contributed by atoms with van der Waals surface area (Å²) in [5, 5.41) is 13.5. The molecule has 4 aromatic rings. The number of ether oxygens (including phenoxy) is 1. The molecular formula is C24H21N5O4. The third-order valence-electron chi connectivity index (χ3n) is 5.54. The number of nitrogens with one attached hydrogen (secondary N) is 1. The van der Waals surface area contributed by atoms with Crippen molar-refractivity contribution in [1.82, 2.24) is 19.6 Å². The van der Waals surface area contributed by atoms with E-state index in [0.717, 1.165) is 16.8 Å². The molecule has 1 aliphatic rings. The Balaban J connectivity index is 1.34. The first-order valence-corrected chi connectivity index (χ1v) is 10.5. The van der Waals surface area contributed by atoms with E-state index in [-0.39, 0.29) is 11.6 Å². The molecule has 1 aliphatic heterocycles. The molecule has 0 saturated carbocycles. The van der Waals surface area contributed by atoms with Crippen LogP contribution in [0.4, 0.5) is 11.5 Å². The zero-order valence-corrected chi connectivity index (χ0v) is 17.6. The van der Waals surface area contributed by atoms with Crippen LogP contribution in [0.1, 0.15) is 10.4 Å². The van der Waals surface area contributed by atoms with Crippen LogP contribution in [0, 0.1) is 0 Å². The van der Waals surface area contributed by atoms with Crippen molar-refractivity contribution in [3.8, 4) is 11.1 Å². The number of carbonyl (C=O) groups excluding carboxylic acids is 1. The highest BCUT2D eigenvalue weighted by molar-refractivity contribution is 5.95. The highest BCUT2D eigenvalue weighted by atomic mass is 16.5. The quantitative estimate of drug-likeness (QED) is 0.467. The van der Waals surface area contributed by atoms with Crippen LogP contribution in [0.15, 0.2) is 71.7 Å². The number of hydrogen-bond acceptors (Lipinski definition) is 7. The lowest BCUT2D eigenvalue weighted by Crippen LogP contribution is -2.40. The first-order chi connectivity index (χ1) is 16.1. The maximum atomic E-state index is 12.6. The average Bonchev–Trinajstić information content (AvgIpc) is 2.88. The highest BCUT2D eigenvalue weighted by Gasteiger charge is 2.18. The summed E-state index contributed by atoms with van der Waals surface area (Å²) < 4.78 is 5.74. The molecule has 1 fully saturated rings. The van der Waals surface area contributed by atoms with Crippen molar-refractivity contribution in [3.05, 3.63) is 82.9 Å². The normalized spacial score (nSPS) is 13.8. The Bertz CT molecular complexity index is 1360. The molecule has 2 N–H and O–H groups in total. The predicted molar refractivity (Wildman–Crippen MR) is 123 cm³/mol. The van der Waals surface area contributed by atoms with Crippen LogP contribution in [0.2, 0.25) is 0 Å². The molecule has 0 aliphatic carbocycles. The SMILES string of the molecule is O=C(c1ccc(-c2ccc(Nc3nc(=O)n(O)c4ncccc34)cc2)cc1)N1CCOCC1. The molecule has 33 heavy (non-hydrogen) atoms. The highest BCUT2D eigenvalue weighted by Crippen LogP contribution is 2.25. The van der Waals surface area contributed by atoms with Crippen LogP contribution >= 0.6 is 0 Å². The van der Waals surface area contributed by atoms with Crippen molar-refractivity contribution in [2.45, 2.75) is 0 Å². The Morgan fingerprint density at radius 1 is 0.970 bits per heavy atom. The van der Waals surface area contributed by atoms with Gasteiger partial charge in [0.25, 0.3) is 5.91 Å². The van der Waals surface area contributed by atoms with Gasteiger partial charge in [-0.3, -0.25) is 4.79 Å². The summed E-state index contributed by atoms with van der Waals surface area (Å²) in [5.74, 6) is 0.329. The first kappa shape index (κ1) is 20.7.